The third kappa shape index (κ3) is 2.48. The molecule has 4 nitrogen and oxygen atoms in total. The molecule has 0 aromatic carbocycles. The van der Waals surface area contributed by atoms with Gasteiger partial charge < -0.3 is 5.73 Å². The lowest BCUT2D eigenvalue weighted by atomic mass is 10.2. The van der Waals surface area contributed by atoms with Gasteiger partial charge in [-0.15, -0.1) is 0 Å². The number of hydrogen-bond acceptors (Lipinski definition) is 3. The van der Waals surface area contributed by atoms with Crippen molar-refractivity contribution in [3.63, 3.8) is 0 Å². The normalized spacial score (nSPS) is 10.8. The van der Waals surface area contributed by atoms with Gasteiger partial charge in [-0.2, -0.15) is 5.10 Å². The average molecular weight is 251 g/mol. The van der Waals surface area contributed by atoms with E-state index in [1.54, 1.807) is 6.20 Å². The van der Waals surface area contributed by atoms with Gasteiger partial charge in [-0.05, 0) is 31.5 Å². The highest BCUT2D eigenvalue weighted by atomic mass is 35.5. The van der Waals surface area contributed by atoms with Gasteiger partial charge in [-0.1, -0.05) is 11.6 Å². The number of aromatic nitrogens is 3. The zero-order chi connectivity index (χ0) is 12.4. The van der Waals surface area contributed by atoms with Crippen LogP contribution in [0.1, 0.15) is 22.6 Å². The van der Waals surface area contributed by atoms with E-state index >= 15 is 0 Å². The SMILES string of the molecule is Cc1nn(Cc2ccnc(CN)c2)c(C)c1Cl. The predicted octanol–water partition coefficient (Wildman–Crippen LogP) is 2.06. The van der Waals surface area contributed by atoms with Gasteiger partial charge in [0.2, 0.25) is 0 Å². The summed E-state index contributed by atoms with van der Waals surface area (Å²) in [6, 6.07) is 3.95. The standard InChI is InChI=1S/C12H15ClN4/c1-8-12(13)9(2)17(16-8)7-10-3-4-15-11(5-10)6-14/h3-5H,6-7,14H2,1-2H3. The van der Waals surface area contributed by atoms with Crippen molar-refractivity contribution in [2.45, 2.75) is 26.9 Å². The average Bonchev–Trinajstić information content (AvgIpc) is 2.57. The second-order valence-electron chi connectivity index (χ2n) is 4.00. The van der Waals surface area contributed by atoms with Crippen LogP contribution >= 0.6 is 11.6 Å². The van der Waals surface area contributed by atoms with Crippen molar-refractivity contribution in [2.75, 3.05) is 0 Å². The summed E-state index contributed by atoms with van der Waals surface area (Å²) in [5.41, 5.74) is 9.42. The molecule has 0 unspecified atom stereocenters. The maximum Gasteiger partial charge on any atom is 0.0844 e. The van der Waals surface area contributed by atoms with E-state index in [2.05, 4.69) is 10.1 Å². The van der Waals surface area contributed by atoms with Crippen molar-refractivity contribution in [3.05, 3.63) is 46.0 Å². The van der Waals surface area contributed by atoms with Crippen LogP contribution in [0.15, 0.2) is 18.3 Å². The summed E-state index contributed by atoms with van der Waals surface area (Å²) in [4.78, 5) is 4.16. The molecule has 0 saturated carbocycles. The number of hydrogen-bond donors (Lipinski definition) is 1. The van der Waals surface area contributed by atoms with Crippen LogP contribution in [-0.2, 0) is 13.1 Å². The van der Waals surface area contributed by atoms with Crippen LogP contribution in [-0.4, -0.2) is 14.8 Å². The molecule has 0 aliphatic carbocycles. The minimum atomic E-state index is 0.450. The Balaban J connectivity index is 2.28. The molecule has 0 aliphatic heterocycles. The maximum absolute atomic E-state index is 6.11. The molecule has 90 valence electrons. The predicted molar refractivity (Wildman–Crippen MR) is 67.9 cm³/mol. The first-order valence-electron chi connectivity index (χ1n) is 5.45. The van der Waals surface area contributed by atoms with Gasteiger partial charge in [0, 0.05) is 12.7 Å². The van der Waals surface area contributed by atoms with Gasteiger partial charge in [-0.3, -0.25) is 9.67 Å². The van der Waals surface area contributed by atoms with Crippen LogP contribution in [0.25, 0.3) is 0 Å². The largest absolute Gasteiger partial charge is 0.325 e. The number of nitrogens with two attached hydrogens (primary N) is 1. The molecule has 2 rings (SSSR count). The Kier molecular flexibility index (Phi) is 3.45. The van der Waals surface area contributed by atoms with Crippen molar-refractivity contribution < 1.29 is 0 Å². The zero-order valence-corrected chi connectivity index (χ0v) is 10.7. The van der Waals surface area contributed by atoms with Gasteiger partial charge in [0.1, 0.15) is 0 Å². The van der Waals surface area contributed by atoms with Gasteiger partial charge in [0.15, 0.2) is 0 Å². The van der Waals surface area contributed by atoms with Crippen molar-refractivity contribution >= 4 is 11.6 Å². The van der Waals surface area contributed by atoms with E-state index in [1.807, 2.05) is 30.7 Å². The number of rotatable bonds is 3. The first-order chi connectivity index (χ1) is 8.11. The molecule has 2 N–H and O–H groups in total. The van der Waals surface area contributed by atoms with Crippen molar-refractivity contribution in [3.8, 4) is 0 Å². The van der Waals surface area contributed by atoms with Gasteiger partial charge in [0.25, 0.3) is 0 Å². The van der Waals surface area contributed by atoms with Gasteiger partial charge in [0.05, 0.1) is 28.6 Å². The summed E-state index contributed by atoms with van der Waals surface area (Å²) in [6.07, 6.45) is 1.77. The number of aryl methyl sites for hydroxylation is 1. The molecule has 0 saturated heterocycles. The van der Waals surface area contributed by atoms with Crippen molar-refractivity contribution in [1.82, 2.24) is 14.8 Å². The van der Waals surface area contributed by atoms with E-state index in [0.717, 1.165) is 27.7 Å². The van der Waals surface area contributed by atoms with E-state index in [0.29, 0.717) is 13.1 Å². The molecular weight excluding hydrogens is 236 g/mol. The molecule has 17 heavy (non-hydrogen) atoms. The fourth-order valence-electron chi connectivity index (χ4n) is 1.74. The summed E-state index contributed by atoms with van der Waals surface area (Å²) < 4.78 is 1.90. The summed E-state index contributed by atoms with van der Waals surface area (Å²) >= 11 is 6.11. The first kappa shape index (κ1) is 12.1. The monoisotopic (exact) mass is 250 g/mol. The van der Waals surface area contributed by atoms with Crippen LogP contribution in [0.4, 0.5) is 0 Å². The van der Waals surface area contributed by atoms with E-state index in [1.165, 1.54) is 0 Å². The third-order valence-electron chi connectivity index (χ3n) is 2.72. The minimum Gasteiger partial charge on any atom is -0.325 e. The van der Waals surface area contributed by atoms with Crippen LogP contribution in [0, 0.1) is 13.8 Å². The third-order valence-corrected chi connectivity index (χ3v) is 3.26. The molecule has 2 heterocycles. The molecule has 0 bridgehead atoms. The Hall–Kier alpha value is -1.39. The van der Waals surface area contributed by atoms with Crippen molar-refractivity contribution in [1.29, 1.82) is 0 Å². The highest BCUT2D eigenvalue weighted by molar-refractivity contribution is 6.31. The Morgan fingerprint density at radius 2 is 2.18 bits per heavy atom. The van der Waals surface area contributed by atoms with Crippen LogP contribution in [0.2, 0.25) is 5.02 Å². The van der Waals surface area contributed by atoms with Crippen LogP contribution in [0.3, 0.4) is 0 Å². The molecule has 0 atom stereocenters. The summed E-state index contributed by atoms with van der Waals surface area (Å²) in [5, 5.41) is 5.13. The quantitative estimate of drug-likeness (QED) is 0.907. The Morgan fingerprint density at radius 1 is 1.41 bits per heavy atom. The summed E-state index contributed by atoms with van der Waals surface area (Å²) in [7, 11) is 0. The molecule has 0 aliphatic rings. The molecule has 2 aromatic rings. The molecule has 2 aromatic heterocycles. The summed E-state index contributed by atoms with van der Waals surface area (Å²) in [5.74, 6) is 0. The fraction of sp³-hybridized carbons (Fsp3) is 0.333. The van der Waals surface area contributed by atoms with Crippen LogP contribution in [0.5, 0.6) is 0 Å². The second-order valence-corrected chi connectivity index (χ2v) is 4.38. The highest BCUT2D eigenvalue weighted by Crippen LogP contribution is 2.19. The minimum absolute atomic E-state index is 0.450. The first-order valence-corrected chi connectivity index (χ1v) is 5.83. The Morgan fingerprint density at radius 3 is 2.76 bits per heavy atom. The zero-order valence-electron chi connectivity index (χ0n) is 9.94. The van der Waals surface area contributed by atoms with Gasteiger partial charge in [-0.25, -0.2) is 0 Å². The van der Waals surface area contributed by atoms with Gasteiger partial charge >= 0.3 is 0 Å². The molecule has 0 spiro atoms. The fourth-order valence-corrected chi connectivity index (χ4v) is 1.88. The van der Waals surface area contributed by atoms with E-state index < -0.39 is 0 Å². The van der Waals surface area contributed by atoms with Crippen molar-refractivity contribution in [2.24, 2.45) is 5.73 Å². The Bertz CT molecular complexity index is 533. The topological polar surface area (TPSA) is 56.7 Å². The lowest BCUT2D eigenvalue weighted by Crippen LogP contribution is -2.06. The molecule has 0 radical (unpaired) electrons. The molecule has 0 fully saturated rings. The lowest BCUT2D eigenvalue weighted by Gasteiger charge is -2.05. The molecule has 0 amide bonds. The Labute approximate surface area is 105 Å². The lowest BCUT2D eigenvalue weighted by molar-refractivity contribution is 0.657. The summed E-state index contributed by atoms with van der Waals surface area (Å²) in [6.45, 7) is 5.01. The number of pyridine rings is 1. The maximum atomic E-state index is 6.11. The number of nitrogens with zero attached hydrogens (tertiary/aromatic N) is 3. The smallest absolute Gasteiger partial charge is 0.0844 e. The molecule has 5 heteroatoms. The number of halogens is 1. The van der Waals surface area contributed by atoms with E-state index in [9.17, 15) is 0 Å². The van der Waals surface area contributed by atoms with E-state index in [4.69, 9.17) is 17.3 Å². The van der Waals surface area contributed by atoms with E-state index in [-0.39, 0.29) is 0 Å². The highest BCUT2D eigenvalue weighted by Gasteiger charge is 2.09. The molecular formula is C12H15ClN4. The van der Waals surface area contributed by atoms with Crippen LogP contribution < -0.4 is 5.73 Å². The second kappa shape index (κ2) is 4.85.